The van der Waals surface area contributed by atoms with E-state index in [0.29, 0.717) is 51.4 Å². The van der Waals surface area contributed by atoms with Crippen LogP contribution in [0.25, 0.3) is 0 Å². The minimum Gasteiger partial charge on any atom is -0.430 e. The molecule has 6 rings (SSSR count). The zero-order chi connectivity index (χ0) is 41.1. The summed E-state index contributed by atoms with van der Waals surface area (Å²) in [4.78, 5) is 14.0. The van der Waals surface area contributed by atoms with E-state index in [2.05, 4.69) is 13.5 Å². The van der Waals surface area contributed by atoms with Crippen molar-refractivity contribution < 1.29 is 89.4 Å². The van der Waals surface area contributed by atoms with Crippen molar-refractivity contribution in [1.29, 1.82) is 0 Å². The molecule has 18 nitrogen and oxygen atoms in total. The smallest absolute Gasteiger partial charge is 0.314 e. The fourth-order valence-electron chi connectivity index (χ4n) is 11.5. The molecule has 0 aromatic heterocycles. The van der Waals surface area contributed by atoms with E-state index in [0.717, 1.165) is 12.0 Å². The van der Waals surface area contributed by atoms with Crippen molar-refractivity contribution in [2.24, 2.45) is 28.1 Å². The van der Waals surface area contributed by atoms with Crippen molar-refractivity contribution in [3.8, 4) is 0 Å². The van der Waals surface area contributed by atoms with Gasteiger partial charge in [-0.3, -0.25) is 4.79 Å². The Labute approximate surface area is 325 Å². The highest BCUT2D eigenvalue weighted by Gasteiger charge is 2.69. The number of aliphatic hydroxyl groups excluding tert-OH is 10. The van der Waals surface area contributed by atoms with Crippen LogP contribution in [0.5, 0.6) is 0 Å². The van der Waals surface area contributed by atoms with Crippen LogP contribution >= 0.6 is 0 Å². The predicted octanol–water partition coefficient (Wildman–Crippen LogP) is -2.34. The Hall–Kier alpha value is -1.43. The highest BCUT2D eigenvalue weighted by Crippen LogP contribution is 2.73. The van der Waals surface area contributed by atoms with Gasteiger partial charge in [0.2, 0.25) is 6.29 Å². The maximum Gasteiger partial charge on any atom is 0.314 e. The number of carbonyl (C=O) groups excluding carboxylic acids is 1. The van der Waals surface area contributed by atoms with E-state index in [1.54, 1.807) is 0 Å². The van der Waals surface area contributed by atoms with Crippen LogP contribution in [0.1, 0.15) is 78.6 Å². The molecule has 4 saturated carbocycles. The SMILES string of the molecule is C=C1CC23CCC4[C@](C)(C(=O)OC(OC(CO)C(C)O)C(O)O)CCC[C@@]4(C)[C@@H]2CCC1(OC1OC(CO)C(O)C(OC2OC(CO)C(O)C(O)C2O)C1O)C3. The molecular formula is C38H62O18. The summed E-state index contributed by atoms with van der Waals surface area (Å²) in [6.07, 6.45) is -16.6. The second-order valence-electron chi connectivity index (χ2n) is 17.7. The number of hydrogen-bond donors (Lipinski definition) is 11. The molecule has 0 radical (unpaired) electrons. The molecule has 0 aromatic rings. The first-order valence-corrected chi connectivity index (χ1v) is 19.8. The van der Waals surface area contributed by atoms with Gasteiger partial charge in [-0.1, -0.05) is 19.9 Å². The fourth-order valence-corrected chi connectivity index (χ4v) is 11.5. The molecule has 0 amide bonds. The standard InChI is InChI=1S/C38H62O18/c1-17-12-37-10-6-22-35(3,8-5-9-36(22,4)34(50)55-33(30(48)49)51-19(13-39)18(2)42)23(37)7-11-38(17,16-37)56-32-28(47)29(25(44)21(15-41)53-32)54-31-27(46)26(45)24(43)20(14-40)52-31/h18-33,39-49H,1,5-16H2,2-4H3/t18?,19?,20?,21?,22?,23-,24?,25?,26?,27?,28?,29?,31?,32?,33?,35+,36+,37?,38?/m0/s1. The molecule has 322 valence electrons. The molecule has 19 atom stereocenters. The van der Waals surface area contributed by atoms with Crippen molar-refractivity contribution in [2.75, 3.05) is 19.8 Å². The first kappa shape index (κ1) is 44.1. The van der Waals surface area contributed by atoms with Gasteiger partial charge in [-0.15, -0.1) is 0 Å². The van der Waals surface area contributed by atoms with Crippen LogP contribution in [-0.4, -0.2) is 174 Å². The average Bonchev–Trinajstić information content (AvgIpc) is 3.35. The molecule has 0 aromatic carbocycles. The summed E-state index contributed by atoms with van der Waals surface area (Å²) in [5.41, 5.74) is -1.82. The summed E-state index contributed by atoms with van der Waals surface area (Å²) in [6.45, 7) is 7.80. The molecule has 2 aliphatic heterocycles. The molecule has 6 fully saturated rings. The second kappa shape index (κ2) is 16.6. The molecule has 1 spiro atoms. The van der Waals surface area contributed by atoms with Crippen LogP contribution in [0, 0.1) is 28.1 Å². The Balaban J connectivity index is 1.19. The van der Waals surface area contributed by atoms with E-state index in [4.69, 9.17) is 28.4 Å². The van der Waals surface area contributed by atoms with E-state index in [-0.39, 0.29) is 22.7 Å². The Morgan fingerprint density at radius 1 is 0.839 bits per heavy atom. The van der Waals surface area contributed by atoms with E-state index < -0.39 is 123 Å². The van der Waals surface area contributed by atoms with E-state index >= 15 is 0 Å². The molecule has 18 heteroatoms. The van der Waals surface area contributed by atoms with E-state index in [1.165, 1.54) is 6.92 Å². The number of aliphatic hydroxyl groups is 11. The average molecular weight is 807 g/mol. The lowest BCUT2D eigenvalue weighted by molar-refractivity contribution is -0.369. The van der Waals surface area contributed by atoms with Gasteiger partial charge >= 0.3 is 5.97 Å². The molecule has 2 bridgehead atoms. The van der Waals surface area contributed by atoms with Crippen molar-refractivity contribution in [3.05, 3.63) is 12.2 Å². The predicted molar refractivity (Wildman–Crippen MR) is 188 cm³/mol. The van der Waals surface area contributed by atoms with E-state index in [1.807, 2.05) is 6.92 Å². The minimum absolute atomic E-state index is 0.119. The summed E-state index contributed by atoms with van der Waals surface area (Å²) in [6, 6.07) is 0. The second-order valence-corrected chi connectivity index (χ2v) is 17.7. The van der Waals surface area contributed by atoms with Gasteiger partial charge in [0, 0.05) is 0 Å². The van der Waals surface area contributed by atoms with Crippen LogP contribution in [0.3, 0.4) is 0 Å². The largest absolute Gasteiger partial charge is 0.430 e. The molecule has 4 aliphatic carbocycles. The lowest BCUT2D eigenvalue weighted by Gasteiger charge is -2.64. The molecule has 16 unspecified atom stereocenters. The molecule has 56 heavy (non-hydrogen) atoms. The minimum atomic E-state index is -2.21. The van der Waals surface area contributed by atoms with Gasteiger partial charge in [0.05, 0.1) is 36.9 Å². The number of hydrogen-bond acceptors (Lipinski definition) is 18. The Kier molecular flexibility index (Phi) is 13.0. The van der Waals surface area contributed by atoms with Gasteiger partial charge in [-0.2, -0.15) is 0 Å². The van der Waals surface area contributed by atoms with Crippen molar-refractivity contribution in [1.82, 2.24) is 0 Å². The quantitative estimate of drug-likeness (QED) is 0.0402. The van der Waals surface area contributed by atoms with Crippen molar-refractivity contribution in [3.63, 3.8) is 0 Å². The van der Waals surface area contributed by atoms with Crippen molar-refractivity contribution in [2.45, 2.75) is 170 Å². The third-order valence-electron chi connectivity index (χ3n) is 14.4. The molecule has 11 N–H and O–H groups in total. The number of ether oxygens (including phenoxy) is 6. The lowest BCUT2D eigenvalue weighted by atomic mass is 9.41. The Bertz CT molecular complexity index is 1400. The summed E-state index contributed by atoms with van der Waals surface area (Å²) in [5.74, 6) is -0.682. The van der Waals surface area contributed by atoms with Gasteiger partial charge in [0.25, 0.3) is 6.29 Å². The molecule has 2 heterocycles. The topological polar surface area (TPSA) is 295 Å². The van der Waals surface area contributed by atoms with Crippen LogP contribution in [0.2, 0.25) is 0 Å². The van der Waals surface area contributed by atoms with Gasteiger partial charge in [-0.25, -0.2) is 0 Å². The molecule has 2 saturated heterocycles. The summed E-state index contributed by atoms with van der Waals surface area (Å²) in [7, 11) is 0. The number of fused-ring (bicyclic) bond motifs is 3. The molecule has 6 aliphatic rings. The highest BCUT2D eigenvalue weighted by atomic mass is 16.7. The number of esters is 1. The maximum absolute atomic E-state index is 14.0. The number of rotatable bonds is 13. The third-order valence-corrected chi connectivity index (χ3v) is 14.4. The van der Waals surface area contributed by atoms with Gasteiger partial charge < -0.3 is 84.6 Å². The monoisotopic (exact) mass is 806 g/mol. The van der Waals surface area contributed by atoms with Crippen LogP contribution in [-0.2, 0) is 33.2 Å². The van der Waals surface area contributed by atoms with Gasteiger partial charge in [0.15, 0.2) is 12.6 Å². The molecular weight excluding hydrogens is 744 g/mol. The van der Waals surface area contributed by atoms with E-state index in [9.17, 15) is 61.0 Å². The Morgan fingerprint density at radius 2 is 1.48 bits per heavy atom. The van der Waals surface area contributed by atoms with Gasteiger partial charge in [-0.05, 0) is 93.5 Å². The zero-order valence-electron chi connectivity index (χ0n) is 32.2. The van der Waals surface area contributed by atoms with Crippen molar-refractivity contribution >= 4 is 5.97 Å². The Morgan fingerprint density at radius 3 is 2.11 bits per heavy atom. The summed E-state index contributed by atoms with van der Waals surface area (Å²) >= 11 is 0. The normalized spacial score (nSPS) is 48.2. The van der Waals surface area contributed by atoms with Crippen LogP contribution in [0.15, 0.2) is 12.2 Å². The summed E-state index contributed by atoms with van der Waals surface area (Å²) in [5, 5.41) is 113. The zero-order valence-corrected chi connectivity index (χ0v) is 32.2. The lowest BCUT2D eigenvalue weighted by Crippen LogP contribution is -2.65. The fraction of sp³-hybridized carbons (Fsp3) is 0.921. The highest BCUT2D eigenvalue weighted by molar-refractivity contribution is 5.77. The number of carbonyl (C=O) groups is 1. The maximum atomic E-state index is 14.0. The van der Waals surface area contributed by atoms with Crippen LogP contribution < -0.4 is 0 Å². The van der Waals surface area contributed by atoms with Gasteiger partial charge in [0.1, 0.15) is 54.9 Å². The van der Waals surface area contributed by atoms with Crippen LogP contribution in [0.4, 0.5) is 0 Å². The third kappa shape index (κ3) is 7.50. The first-order chi connectivity index (χ1) is 26.3. The summed E-state index contributed by atoms with van der Waals surface area (Å²) < 4.78 is 34.9. The first-order valence-electron chi connectivity index (χ1n) is 19.8.